The van der Waals surface area contributed by atoms with Crippen LogP contribution in [0.25, 0.3) is 0 Å². The first kappa shape index (κ1) is 14.0. The monoisotopic (exact) mass is 283 g/mol. The third-order valence-electron chi connectivity index (χ3n) is 4.07. The average molecular weight is 283 g/mol. The van der Waals surface area contributed by atoms with E-state index in [2.05, 4.69) is 22.5 Å². The van der Waals surface area contributed by atoms with Crippen LogP contribution in [0.3, 0.4) is 0 Å². The summed E-state index contributed by atoms with van der Waals surface area (Å²) >= 11 is 0. The van der Waals surface area contributed by atoms with Crippen LogP contribution >= 0.6 is 0 Å². The van der Waals surface area contributed by atoms with E-state index in [4.69, 9.17) is 10.6 Å². The van der Waals surface area contributed by atoms with Crippen molar-refractivity contribution < 1.29 is 4.74 Å². The Hall–Kier alpha value is -1.91. The molecule has 0 aliphatic carbocycles. The molecule has 110 valence electrons. The van der Waals surface area contributed by atoms with Crippen LogP contribution in [0.5, 0.6) is 5.75 Å². The lowest BCUT2D eigenvalue weighted by atomic mass is 9.86. The number of benzene rings is 1. The smallest absolute Gasteiger partial charge is 0.122 e. The SMILES string of the molecule is Cc1cccc(C(CC2CCOc3ccccc32)NN)n1. The number of hydrogen-bond donors (Lipinski definition) is 2. The highest BCUT2D eigenvalue weighted by Crippen LogP contribution is 2.38. The van der Waals surface area contributed by atoms with Crippen LogP contribution in [0.1, 0.15) is 41.8 Å². The van der Waals surface area contributed by atoms with Gasteiger partial charge in [-0.15, -0.1) is 0 Å². The van der Waals surface area contributed by atoms with Gasteiger partial charge < -0.3 is 4.74 Å². The van der Waals surface area contributed by atoms with Gasteiger partial charge in [-0.05, 0) is 49.4 Å². The second-order valence-electron chi connectivity index (χ2n) is 5.53. The van der Waals surface area contributed by atoms with Crippen molar-refractivity contribution in [3.63, 3.8) is 0 Å². The molecule has 2 unspecified atom stereocenters. The van der Waals surface area contributed by atoms with Gasteiger partial charge in [-0.3, -0.25) is 16.3 Å². The molecule has 0 radical (unpaired) electrons. The van der Waals surface area contributed by atoms with Gasteiger partial charge in [0.15, 0.2) is 0 Å². The molecular weight excluding hydrogens is 262 g/mol. The maximum Gasteiger partial charge on any atom is 0.122 e. The minimum absolute atomic E-state index is 0.0565. The van der Waals surface area contributed by atoms with E-state index in [1.54, 1.807) is 0 Å². The Labute approximate surface area is 125 Å². The molecule has 0 saturated heterocycles. The molecule has 0 amide bonds. The van der Waals surface area contributed by atoms with Crippen molar-refractivity contribution in [1.82, 2.24) is 10.4 Å². The number of aryl methyl sites for hydroxylation is 1. The number of fused-ring (bicyclic) bond motifs is 1. The summed E-state index contributed by atoms with van der Waals surface area (Å²) in [4.78, 5) is 4.59. The molecule has 1 aliphatic heterocycles. The molecule has 2 atom stereocenters. The van der Waals surface area contributed by atoms with Crippen molar-refractivity contribution in [1.29, 1.82) is 0 Å². The maximum atomic E-state index is 5.77. The number of hydrogen-bond acceptors (Lipinski definition) is 4. The molecule has 4 heteroatoms. The summed E-state index contributed by atoms with van der Waals surface area (Å²) in [6.45, 7) is 2.76. The van der Waals surface area contributed by atoms with Gasteiger partial charge in [-0.1, -0.05) is 24.3 Å². The molecule has 1 aromatic heterocycles. The third-order valence-corrected chi connectivity index (χ3v) is 4.07. The summed E-state index contributed by atoms with van der Waals surface area (Å²) < 4.78 is 5.73. The van der Waals surface area contributed by atoms with Gasteiger partial charge >= 0.3 is 0 Å². The minimum Gasteiger partial charge on any atom is -0.493 e. The van der Waals surface area contributed by atoms with Crippen LogP contribution in [0.2, 0.25) is 0 Å². The first-order valence-electron chi connectivity index (χ1n) is 7.39. The average Bonchev–Trinajstić information content (AvgIpc) is 2.52. The van der Waals surface area contributed by atoms with E-state index >= 15 is 0 Å². The molecule has 0 saturated carbocycles. The van der Waals surface area contributed by atoms with Crippen molar-refractivity contribution in [2.24, 2.45) is 5.84 Å². The zero-order chi connectivity index (χ0) is 14.7. The Kier molecular flexibility index (Phi) is 4.18. The van der Waals surface area contributed by atoms with E-state index < -0.39 is 0 Å². The molecule has 2 aromatic rings. The van der Waals surface area contributed by atoms with Crippen molar-refractivity contribution in [3.05, 3.63) is 59.4 Å². The van der Waals surface area contributed by atoms with E-state index in [0.717, 1.165) is 36.6 Å². The van der Waals surface area contributed by atoms with Gasteiger partial charge in [0.25, 0.3) is 0 Å². The van der Waals surface area contributed by atoms with Crippen LogP contribution in [0.15, 0.2) is 42.5 Å². The molecule has 0 spiro atoms. The maximum absolute atomic E-state index is 5.77. The van der Waals surface area contributed by atoms with Gasteiger partial charge in [-0.2, -0.15) is 0 Å². The van der Waals surface area contributed by atoms with Crippen LogP contribution in [0.4, 0.5) is 0 Å². The third kappa shape index (κ3) is 3.06. The fraction of sp³-hybridized carbons (Fsp3) is 0.353. The predicted octanol–water partition coefficient (Wildman–Crippen LogP) is 2.85. The number of nitrogens with two attached hydrogens (primary N) is 1. The zero-order valence-corrected chi connectivity index (χ0v) is 12.3. The number of hydrazine groups is 1. The van der Waals surface area contributed by atoms with Gasteiger partial charge in [0.2, 0.25) is 0 Å². The topological polar surface area (TPSA) is 60.2 Å². The molecular formula is C17H21N3O. The van der Waals surface area contributed by atoms with Crippen molar-refractivity contribution in [2.75, 3.05) is 6.61 Å². The molecule has 3 rings (SSSR count). The van der Waals surface area contributed by atoms with E-state index in [1.165, 1.54) is 5.56 Å². The second-order valence-corrected chi connectivity index (χ2v) is 5.53. The second kappa shape index (κ2) is 6.24. The Morgan fingerprint density at radius 3 is 2.95 bits per heavy atom. The number of rotatable bonds is 4. The first-order chi connectivity index (χ1) is 10.3. The van der Waals surface area contributed by atoms with E-state index in [0.29, 0.717) is 5.92 Å². The van der Waals surface area contributed by atoms with E-state index in [1.807, 2.05) is 37.3 Å². The quantitative estimate of drug-likeness (QED) is 0.669. The van der Waals surface area contributed by atoms with E-state index in [-0.39, 0.29) is 6.04 Å². The molecule has 1 aromatic carbocycles. The highest BCUT2D eigenvalue weighted by Gasteiger charge is 2.25. The standard InChI is InChI=1S/C17H21N3O/c1-12-5-4-7-15(19-12)16(20-18)11-13-9-10-21-17-8-3-2-6-14(13)17/h2-8,13,16,20H,9-11,18H2,1H3. The first-order valence-corrected chi connectivity index (χ1v) is 7.39. The Morgan fingerprint density at radius 2 is 2.14 bits per heavy atom. The van der Waals surface area contributed by atoms with Crippen molar-refractivity contribution >= 4 is 0 Å². The highest BCUT2D eigenvalue weighted by atomic mass is 16.5. The molecule has 3 N–H and O–H groups in total. The van der Waals surface area contributed by atoms with Gasteiger partial charge in [0, 0.05) is 5.69 Å². The summed E-state index contributed by atoms with van der Waals surface area (Å²) in [6.07, 6.45) is 1.94. The van der Waals surface area contributed by atoms with Crippen molar-refractivity contribution in [2.45, 2.75) is 31.7 Å². The summed E-state index contributed by atoms with van der Waals surface area (Å²) in [6, 6.07) is 14.4. The molecule has 2 heterocycles. The number of nitrogens with one attached hydrogen (secondary N) is 1. The number of aromatic nitrogens is 1. The van der Waals surface area contributed by atoms with Gasteiger partial charge in [0.05, 0.1) is 18.3 Å². The summed E-state index contributed by atoms with van der Waals surface area (Å²) in [5, 5.41) is 0. The minimum atomic E-state index is 0.0565. The Balaban J connectivity index is 1.82. The Bertz CT molecular complexity index is 614. The predicted molar refractivity (Wildman–Crippen MR) is 83.0 cm³/mol. The molecule has 1 aliphatic rings. The molecule has 0 bridgehead atoms. The fourth-order valence-electron chi connectivity index (χ4n) is 2.98. The highest BCUT2D eigenvalue weighted by molar-refractivity contribution is 5.38. The normalized spacial score (nSPS) is 18.7. The number of para-hydroxylation sites is 1. The number of nitrogens with zero attached hydrogens (tertiary/aromatic N) is 1. The lowest BCUT2D eigenvalue weighted by Crippen LogP contribution is -2.31. The Morgan fingerprint density at radius 1 is 1.29 bits per heavy atom. The summed E-state index contributed by atoms with van der Waals surface area (Å²) in [5.41, 5.74) is 6.21. The summed E-state index contributed by atoms with van der Waals surface area (Å²) in [5.74, 6) is 7.22. The number of ether oxygens (including phenoxy) is 1. The summed E-state index contributed by atoms with van der Waals surface area (Å²) in [7, 11) is 0. The van der Waals surface area contributed by atoms with Crippen LogP contribution in [-0.2, 0) is 0 Å². The zero-order valence-electron chi connectivity index (χ0n) is 12.3. The fourth-order valence-corrected chi connectivity index (χ4v) is 2.98. The number of pyridine rings is 1. The lowest BCUT2D eigenvalue weighted by molar-refractivity contribution is 0.254. The van der Waals surface area contributed by atoms with Crippen LogP contribution < -0.4 is 16.0 Å². The van der Waals surface area contributed by atoms with E-state index in [9.17, 15) is 0 Å². The van der Waals surface area contributed by atoms with Crippen LogP contribution in [-0.4, -0.2) is 11.6 Å². The molecule has 0 fully saturated rings. The van der Waals surface area contributed by atoms with Gasteiger partial charge in [0.1, 0.15) is 5.75 Å². The van der Waals surface area contributed by atoms with Gasteiger partial charge in [-0.25, -0.2) is 0 Å². The molecule has 4 nitrogen and oxygen atoms in total. The molecule has 21 heavy (non-hydrogen) atoms. The van der Waals surface area contributed by atoms with Crippen LogP contribution in [0, 0.1) is 6.92 Å². The lowest BCUT2D eigenvalue weighted by Gasteiger charge is -2.28. The largest absolute Gasteiger partial charge is 0.493 e. The van der Waals surface area contributed by atoms with Crippen molar-refractivity contribution in [3.8, 4) is 5.75 Å².